The number of methoxy groups -OCH3 is 1. The molecule has 30 heavy (non-hydrogen) atoms. The summed E-state index contributed by atoms with van der Waals surface area (Å²) in [6.07, 6.45) is 1.99. The molecule has 7 heteroatoms. The molecule has 0 saturated carbocycles. The van der Waals surface area contributed by atoms with Crippen molar-refractivity contribution in [2.45, 2.75) is 23.2 Å². The molecule has 1 heterocycles. The molecule has 3 rings (SSSR count). The Balaban J connectivity index is 0.00000320. The maximum atomic E-state index is 5.64. The molecule has 164 valence electrons. The summed E-state index contributed by atoms with van der Waals surface area (Å²) >= 11 is 1.84. The fraction of sp³-hybridized carbons (Fsp3) is 0.435. The van der Waals surface area contributed by atoms with Gasteiger partial charge in [-0.1, -0.05) is 30.3 Å². The topological polar surface area (TPSA) is 54.9 Å². The zero-order chi connectivity index (χ0) is 20.4. The van der Waals surface area contributed by atoms with Crippen LogP contribution in [-0.2, 0) is 10.2 Å². The number of aliphatic imine (C=N–C) groups is 1. The molecule has 0 amide bonds. The highest BCUT2D eigenvalue weighted by molar-refractivity contribution is 14.0. The second kappa shape index (κ2) is 13.1. The van der Waals surface area contributed by atoms with E-state index in [0.29, 0.717) is 0 Å². The van der Waals surface area contributed by atoms with Crippen molar-refractivity contribution in [3.05, 3.63) is 60.2 Å². The van der Waals surface area contributed by atoms with Gasteiger partial charge in [0.25, 0.3) is 0 Å². The average Bonchev–Trinajstić information content (AvgIpc) is 2.80. The predicted molar refractivity (Wildman–Crippen MR) is 137 cm³/mol. The van der Waals surface area contributed by atoms with Crippen molar-refractivity contribution < 1.29 is 9.47 Å². The van der Waals surface area contributed by atoms with Gasteiger partial charge in [-0.05, 0) is 42.7 Å². The number of halogens is 1. The number of benzene rings is 2. The van der Waals surface area contributed by atoms with Crippen molar-refractivity contribution in [2.75, 3.05) is 46.2 Å². The van der Waals surface area contributed by atoms with Gasteiger partial charge in [-0.2, -0.15) is 0 Å². The number of thioether (sulfide) groups is 1. The van der Waals surface area contributed by atoms with Crippen LogP contribution in [0.3, 0.4) is 0 Å². The highest BCUT2D eigenvalue weighted by Gasteiger charge is 2.34. The van der Waals surface area contributed by atoms with Crippen molar-refractivity contribution in [1.29, 1.82) is 0 Å². The summed E-state index contributed by atoms with van der Waals surface area (Å²) in [4.78, 5) is 5.69. The minimum absolute atomic E-state index is 0. The van der Waals surface area contributed by atoms with Crippen LogP contribution >= 0.6 is 35.7 Å². The van der Waals surface area contributed by atoms with E-state index in [1.807, 2.05) is 37.0 Å². The molecule has 2 aromatic rings. The van der Waals surface area contributed by atoms with Gasteiger partial charge in [0.2, 0.25) is 0 Å². The first kappa shape index (κ1) is 24.8. The highest BCUT2D eigenvalue weighted by atomic mass is 127. The second-order valence-electron chi connectivity index (χ2n) is 7.14. The van der Waals surface area contributed by atoms with E-state index in [9.17, 15) is 0 Å². The van der Waals surface area contributed by atoms with Gasteiger partial charge in [0, 0.05) is 49.4 Å². The lowest BCUT2D eigenvalue weighted by Crippen LogP contribution is -2.48. The quantitative estimate of drug-likeness (QED) is 0.172. The molecular formula is C23H32IN3O2S. The number of hydrogen-bond acceptors (Lipinski definition) is 4. The SMILES string of the molecule is CN=C(NCCSc1ccccc1)NCC1(c2ccc(OC)cc2)CCOCC1.I. The number of rotatable bonds is 8. The Bertz CT molecular complexity index is 766. The van der Waals surface area contributed by atoms with E-state index >= 15 is 0 Å². The van der Waals surface area contributed by atoms with Crippen molar-refractivity contribution in [3.63, 3.8) is 0 Å². The van der Waals surface area contributed by atoms with Crippen molar-refractivity contribution >= 4 is 41.7 Å². The van der Waals surface area contributed by atoms with Gasteiger partial charge >= 0.3 is 0 Å². The Kier molecular flexibility index (Phi) is 10.8. The van der Waals surface area contributed by atoms with E-state index in [1.165, 1.54) is 10.5 Å². The molecule has 2 N–H and O–H groups in total. The summed E-state index contributed by atoms with van der Waals surface area (Å²) in [5.74, 6) is 2.72. The highest BCUT2D eigenvalue weighted by Crippen LogP contribution is 2.35. The first-order valence-electron chi connectivity index (χ1n) is 10.1. The van der Waals surface area contributed by atoms with Crippen LogP contribution in [0.5, 0.6) is 5.75 Å². The largest absolute Gasteiger partial charge is 0.497 e. The minimum Gasteiger partial charge on any atom is -0.497 e. The Labute approximate surface area is 201 Å². The molecule has 0 bridgehead atoms. The van der Waals surface area contributed by atoms with Crippen LogP contribution in [0.15, 0.2) is 64.5 Å². The summed E-state index contributed by atoms with van der Waals surface area (Å²) in [7, 11) is 3.52. The first-order valence-corrected chi connectivity index (χ1v) is 11.1. The molecule has 5 nitrogen and oxygen atoms in total. The summed E-state index contributed by atoms with van der Waals surface area (Å²) < 4.78 is 11.0. The maximum absolute atomic E-state index is 5.64. The molecule has 1 aliphatic heterocycles. The normalized spacial score (nSPS) is 15.7. The van der Waals surface area contributed by atoms with E-state index in [2.05, 4.69) is 52.0 Å². The molecule has 2 aromatic carbocycles. The van der Waals surface area contributed by atoms with E-state index in [1.54, 1.807) is 7.11 Å². The number of nitrogens with one attached hydrogen (secondary N) is 2. The monoisotopic (exact) mass is 541 g/mol. The Morgan fingerprint density at radius 2 is 1.77 bits per heavy atom. The van der Waals surface area contributed by atoms with Crippen LogP contribution in [0, 0.1) is 0 Å². The lowest BCUT2D eigenvalue weighted by molar-refractivity contribution is 0.0513. The molecule has 0 aliphatic carbocycles. The Morgan fingerprint density at radius 1 is 1.07 bits per heavy atom. The first-order chi connectivity index (χ1) is 14.3. The smallest absolute Gasteiger partial charge is 0.191 e. The maximum Gasteiger partial charge on any atom is 0.191 e. The number of guanidine groups is 1. The van der Waals surface area contributed by atoms with Gasteiger partial charge in [0.15, 0.2) is 5.96 Å². The molecule has 0 radical (unpaired) electrons. The summed E-state index contributed by atoms with van der Waals surface area (Å²) in [6, 6.07) is 18.9. The molecule has 1 aliphatic rings. The fourth-order valence-corrected chi connectivity index (χ4v) is 4.39. The number of ether oxygens (including phenoxy) is 2. The molecule has 0 atom stereocenters. The van der Waals surface area contributed by atoms with Gasteiger partial charge in [-0.25, -0.2) is 0 Å². The fourth-order valence-electron chi connectivity index (χ4n) is 3.60. The average molecular weight is 541 g/mol. The van der Waals surface area contributed by atoms with Gasteiger partial charge in [0.1, 0.15) is 5.75 Å². The Hall–Kier alpha value is -1.45. The molecule has 1 saturated heterocycles. The molecular weight excluding hydrogens is 509 g/mol. The van der Waals surface area contributed by atoms with Crippen molar-refractivity contribution in [1.82, 2.24) is 10.6 Å². The summed E-state index contributed by atoms with van der Waals surface area (Å²) in [5.41, 5.74) is 1.37. The van der Waals surface area contributed by atoms with Crippen LogP contribution in [0.1, 0.15) is 18.4 Å². The molecule has 0 spiro atoms. The van der Waals surface area contributed by atoms with Crippen molar-refractivity contribution in [3.8, 4) is 5.75 Å². The second-order valence-corrected chi connectivity index (χ2v) is 8.30. The van der Waals surface area contributed by atoms with E-state index < -0.39 is 0 Å². The standard InChI is InChI=1S/C23H31N3O2S.HI/c1-24-22(25-14-17-29-21-6-4-3-5-7-21)26-18-23(12-15-28-16-13-23)19-8-10-20(27-2)11-9-19;/h3-11H,12-18H2,1-2H3,(H2,24,25,26);1H. The van der Waals surface area contributed by atoms with Gasteiger partial charge in [0.05, 0.1) is 7.11 Å². The van der Waals surface area contributed by atoms with Crippen LogP contribution < -0.4 is 15.4 Å². The van der Waals surface area contributed by atoms with Crippen LogP contribution in [0.25, 0.3) is 0 Å². The number of nitrogens with zero attached hydrogens (tertiary/aromatic N) is 1. The summed E-state index contributed by atoms with van der Waals surface area (Å²) in [6.45, 7) is 3.26. The zero-order valence-electron chi connectivity index (χ0n) is 17.7. The third kappa shape index (κ3) is 7.06. The van der Waals surface area contributed by atoms with Gasteiger partial charge < -0.3 is 20.1 Å². The van der Waals surface area contributed by atoms with Gasteiger partial charge in [-0.15, -0.1) is 35.7 Å². The van der Waals surface area contributed by atoms with Crippen LogP contribution in [0.2, 0.25) is 0 Å². The van der Waals surface area contributed by atoms with Crippen LogP contribution in [0.4, 0.5) is 0 Å². The van der Waals surface area contributed by atoms with Crippen LogP contribution in [-0.4, -0.2) is 52.2 Å². The van der Waals surface area contributed by atoms with Gasteiger partial charge in [-0.3, -0.25) is 4.99 Å². The van der Waals surface area contributed by atoms with Crippen molar-refractivity contribution in [2.24, 2.45) is 4.99 Å². The minimum atomic E-state index is 0. The molecule has 0 aromatic heterocycles. The van der Waals surface area contributed by atoms with E-state index in [0.717, 1.165) is 56.6 Å². The third-order valence-corrected chi connectivity index (χ3v) is 6.39. The summed E-state index contributed by atoms with van der Waals surface area (Å²) in [5, 5.41) is 6.98. The Morgan fingerprint density at radius 3 is 2.40 bits per heavy atom. The lowest BCUT2D eigenvalue weighted by atomic mass is 9.74. The molecule has 0 unspecified atom stereocenters. The van der Waals surface area contributed by atoms with E-state index in [4.69, 9.17) is 9.47 Å². The number of hydrogen-bond donors (Lipinski definition) is 2. The zero-order valence-corrected chi connectivity index (χ0v) is 20.9. The van der Waals surface area contributed by atoms with E-state index in [-0.39, 0.29) is 29.4 Å². The predicted octanol–water partition coefficient (Wildman–Crippen LogP) is 4.32. The lowest BCUT2D eigenvalue weighted by Gasteiger charge is -2.38. The molecule has 1 fully saturated rings. The third-order valence-electron chi connectivity index (χ3n) is 5.38.